The van der Waals surface area contributed by atoms with Crippen LogP contribution >= 0.6 is 0 Å². The van der Waals surface area contributed by atoms with E-state index < -0.39 is 0 Å². The van der Waals surface area contributed by atoms with Crippen LogP contribution in [0.5, 0.6) is 0 Å². The van der Waals surface area contributed by atoms with Gasteiger partial charge >= 0.3 is 0 Å². The van der Waals surface area contributed by atoms with Crippen LogP contribution in [0.1, 0.15) is 15.9 Å². The zero-order valence-corrected chi connectivity index (χ0v) is 8.06. The predicted molar refractivity (Wildman–Crippen MR) is 53.2 cm³/mol. The average molecular weight is 202 g/mol. The zero-order valence-electron chi connectivity index (χ0n) is 8.06. The second-order valence-electron chi connectivity index (χ2n) is 3.36. The Morgan fingerprint density at radius 1 is 1.67 bits per heavy atom. The average Bonchev–Trinajstić information content (AvgIpc) is 3.10. The highest BCUT2D eigenvalue weighted by atomic mass is 16.6. The van der Waals surface area contributed by atoms with Crippen LogP contribution in [-0.4, -0.2) is 25.2 Å². The van der Waals surface area contributed by atoms with Crippen LogP contribution in [0.2, 0.25) is 0 Å². The molecular formula is C11H10N2O2. The number of rotatable bonds is 3. The Morgan fingerprint density at radius 3 is 3.13 bits per heavy atom. The van der Waals surface area contributed by atoms with Gasteiger partial charge in [0.05, 0.1) is 24.3 Å². The number of benzene rings is 1. The fraction of sp³-hybridized carbons (Fsp3) is 0.273. The Balaban J connectivity index is 2.00. The lowest BCUT2D eigenvalue weighted by Crippen LogP contribution is -2.27. The number of hydrogen-bond acceptors (Lipinski definition) is 3. The predicted octanol–water partition coefficient (Wildman–Crippen LogP) is 0.687. The molecule has 76 valence electrons. The fourth-order valence-electron chi connectivity index (χ4n) is 1.22. The molecule has 0 radical (unpaired) electrons. The minimum atomic E-state index is -0.164. The van der Waals surface area contributed by atoms with E-state index in [4.69, 9.17) is 10.00 Å². The number of hydrogen-bond donors (Lipinski definition) is 1. The van der Waals surface area contributed by atoms with E-state index in [1.165, 1.54) is 0 Å². The Labute approximate surface area is 87.5 Å². The fourth-order valence-corrected chi connectivity index (χ4v) is 1.22. The molecule has 15 heavy (non-hydrogen) atoms. The summed E-state index contributed by atoms with van der Waals surface area (Å²) in [6.07, 6.45) is 0.174. The quantitative estimate of drug-likeness (QED) is 0.733. The Bertz CT molecular complexity index is 419. The number of nitriles is 1. The van der Waals surface area contributed by atoms with E-state index in [-0.39, 0.29) is 12.0 Å². The van der Waals surface area contributed by atoms with Crippen molar-refractivity contribution in [3.63, 3.8) is 0 Å². The molecule has 0 aromatic heterocycles. The van der Waals surface area contributed by atoms with E-state index in [1.807, 2.05) is 6.07 Å². The molecule has 1 N–H and O–H groups in total. The Hall–Kier alpha value is -1.86. The van der Waals surface area contributed by atoms with Gasteiger partial charge in [0.1, 0.15) is 0 Å². The van der Waals surface area contributed by atoms with Crippen LogP contribution in [-0.2, 0) is 4.74 Å². The summed E-state index contributed by atoms with van der Waals surface area (Å²) in [4.78, 5) is 11.6. The van der Waals surface area contributed by atoms with Crippen molar-refractivity contribution in [2.75, 3.05) is 13.2 Å². The molecule has 4 nitrogen and oxygen atoms in total. The summed E-state index contributed by atoms with van der Waals surface area (Å²) in [6, 6.07) is 8.61. The van der Waals surface area contributed by atoms with Gasteiger partial charge in [0.25, 0.3) is 5.91 Å². The van der Waals surface area contributed by atoms with E-state index in [9.17, 15) is 4.79 Å². The van der Waals surface area contributed by atoms with Gasteiger partial charge in [-0.1, -0.05) is 6.07 Å². The van der Waals surface area contributed by atoms with Crippen molar-refractivity contribution in [2.45, 2.75) is 6.10 Å². The van der Waals surface area contributed by atoms with Gasteiger partial charge in [0.15, 0.2) is 0 Å². The van der Waals surface area contributed by atoms with Gasteiger partial charge in [0.2, 0.25) is 0 Å². The highest BCUT2D eigenvalue weighted by Gasteiger charge is 2.22. The van der Waals surface area contributed by atoms with Crippen LogP contribution in [0.3, 0.4) is 0 Å². The van der Waals surface area contributed by atoms with Crippen LogP contribution in [0.15, 0.2) is 24.3 Å². The number of ether oxygens (including phenoxy) is 1. The molecule has 1 saturated heterocycles. The van der Waals surface area contributed by atoms with Gasteiger partial charge in [-0.3, -0.25) is 4.79 Å². The van der Waals surface area contributed by atoms with Crippen molar-refractivity contribution in [1.82, 2.24) is 5.32 Å². The molecule has 1 fully saturated rings. The van der Waals surface area contributed by atoms with Crippen LogP contribution < -0.4 is 5.32 Å². The SMILES string of the molecule is N#Cc1cccc(C(=O)NC[C@@H]2CO2)c1. The van der Waals surface area contributed by atoms with E-state index in [1.54, 1.807) is 24.3 Å². The molecule has 2 rings (SSSR count). The normalized spacial score (nSPS) is 17.9. The summed E-state index contributed by atoms with van der Waals surface area (Å²) in [6.45, 7) is 1.26. The first-order valence-corrected chi connectivity index (χ1v) is 4.69. The van der Waals surface area contributed by atoms with Crippen LogP contribution in [0.4, 0.5) is 0 Å². The molecule has 1 aromatic rings. The highest BCUT2D eigenvalue weighted by Crippen LogP contribution is 2.08. The molecule has 1 aliphatic heterocycles. The van der Waals surface area contributed by atoms with Crippen molar-refractivity contribution in [2.24, 2.45) is 0 Å². The molecule has 0 aliphatic carbocycles. The maximum absolute atomic E-state index is 11.6. The van der Waals surface area contributed by atoms with Crippen molar-refractivity contribution in [1.29, 1.82) is 5.26 Å². The Kier molecular flexibility index (Phi) is 2.66. The number of nitrogens with one attached hydrogen (secondary N) is 1. The summed E-state index contributed by atoms with van der Waals surface area (Å²) in [5, 5.41) is 11.4. The molecule has 1 atom stereocenters. The van der Waals surface area contributed by atoms with E-state index >= 15 is 0 Å². The largest absolute Gasteiger partial charge is 0.371 e. The number of nitrogens with zero attached hydrogens (tertiary/aromatic N) is 1. The summed E-state index contributed by atoms with van der Waals surface area (Å²) in [7, 11) is 0. The monoisotopic (exact) mass is 202 g/mol. The maximum Gasteiger partial charge on any atom is 0.251 e. The lowest BCUT2D eigenvalue weighted by molar-refractivity contribution is 0.0950. The van der Waals surface area contributed by atoms with Crippen molar-refractivity contribution in [3.05, 3.63) is 35.4 Å². The molecule has 1 aliphatic rings. The maximum atomic E-state index is 11.6. The topological polar surface area (TPSA) is 65.4 Å². The molecule has 0 spiro atoms. The first-order valence-electron chi connectivity index (χ1n) is 4.69. The van der Waals surface area contributed by atoms with Gasteiger partial charge in [-0.15, -0.1) is 0 Å². The van der Waals surface area contributed by atoms with E-state index in [0.29, 0.717) is 17.7 Å². The molecule has 1 amide bonds. The van der Waals surface area contributed by atoms with Crippen LogP contribution in [0.25, 0.3) is 0 Å². The second kappa shape index (κ2) is 4.11. The molecule has 0 saturated carbocycles. The van der Waals surface area contributed by atoms with Gasteiger partial charge < -0.3 is 10.1 Å². The van der Waals surface area contributed by atoms with Gasteiger partial charge in [-0.25, -0.2) is 0 Å². The second-order valence-corrected chi connectivity index (χ2v) is 3.36. The van der Waals surface area contributed by atoms with E-state index in [2.05, 4.69) is 5.32 Å². The van der Waals surface area contributed by atoms with Crippen molar-refractivity contribution >= 4 is 5.91 Å². The Morgan fingerprint density at radius 2 is 2.47 bits per heavy atom. The highest BCUT2D eigenvalue weighted by molar-refractivity contribution is 5.94. The minimum absolute atomic E-state index is 0.164. The number of epoxide rings is 1. The molecular weight excluding hydrogens is 192 g/mol. The first-order chi connectivity index (χ1) is 7.29. The first kappa shape index (κ1) is 9.69. The molecule has 1 heterocycles. The molecule has 0 bridgehead atoms. The van der Waals surface area contributed by atoms with E-state index in [0.717, 1.165) is 6.61 Å². The third kappa shape index (κ3) is 2.55. The molecule has 0 unspecified atom stereocenters. The smallest absolute Gasteiger partial charge is 0.251 e. The summed E-state index contributed by atoms with van der Waals surface area (Å²) in [5.41, 5.74) is 1.00. The number of carbonyl (C=O) groups is 1. The van der Waals surface area contributed by atoms with Crippen LogP contribution in [0, 0.1) is 11.3 Å². The summed E-state index contributed by atoms with van der Waals surface area (Å²) >= 11 is 0. The summed E-state index contributed by atoms with van der Waals surface area (Å²) < 4.78 is 4.97. The lowest BCUT2D eigenvalue weighted by Gasteiger charge is -2.02. The standard InChI is InChI=1S/C11H10N2O2/c12-5-8-2-1-3-9(4-8)11(14)13-6-10-7-15-10/h1-4,10H,6-7H2,(H,13,14)/t10-/m1/s1. The van der Waals surface area contributed by atoms with Gasteiger partial charge in [-0.2, -0.15) is 5.26 Å². The number of amides is 1. The summed E-state index contributed by atoms with van der Waals surface area (Å²) in [5.74, 6) is -0.164. The van der Waals surface area contributed by atoms with Crippen molar-refractivity contribution < 1.29 is 9.53 Å². The molecule has 4 heteroatoms. The number of carbonyl (C=O) groups excluding carboxylic acids is 1. The zero-order chi connectivity index (χ0) is 10.7. The lowest BCUT2D eigenvalue weighted by atomic mass is 10.1. The van der Waals surface area contributed by atoms with Crippen molar-refractivity contribution in [3.8, 4) is 6.07 Å². The minimum Gasteiger partial charge on any atom is -0.371 e. The van der Waals surface area contributed by atoms with Gasteiger partial charge in [0, 0.05) is 12.1 Å². The molecule has 1 aromatic carbocycles. The third-order valence-electron chi connectivity index (χ3n) is 2.15. The van der Waals surface area contributed by atoms with Gasteiger partial charge in [-0.05, 0) is 18.2 Å². The third-order valence-corrected chi connectivity index (χ3v) is 2.15.